The zero-order valence-corrected chi connectivity index (χ0v) is 12.1. The Hall–Kier alpha value is -0.0400. The molecule has 0 spiro atoms. The standard InChI is InChI=1S/C8H18.C3H9N.C2H6/c1-5-6-7-8(2,3)4;1-4(2)3;1-2/h5-7H2,1-4H3;1-3H3;1-2H3. The zero-order chi connectivity index (χ0) is 12.2. The molecule has 0 radical (unpaired) electrons. The maximum Gasteiger partial charge on any atom is -0.0140 e. The molecule has 1 heteroatoms. The SMILES string of the molecule is CC.CCCCC(C)(C)C.CN(C)C. The smallest absolute Gasteiger partial charge is 0.0140 e. The maximum absolute atomic E-state index is 2.29. The minimum Gasteiger partial charge on any atom is -0.312 e. The molecule has 0 unspecified atom stereocenters. The van der Waals surface area contributed by atoms with Gasteiger partial charge < -0.3 is 4.90 Å². The van der Waals surface area contributed by atoms with Crippen LogP contribution in [0.4, 0.5) is 0 Å². The Morgan fingerprint density at radius 3 is 1.29 bits per heavy atom. The van der Waals surface area contributed by atoms with Gasteiger partial charge in [-0.15, -0.1) is 0 Å². The van der Waals surface area contributed by atoms with Gasteiger partial charge in [-0.2, -0.15) is 0 Å². The van der Waals surface area contributed by atoms with Crippen molar-refractivity contribution in [1.29, 1.82) is 0 Å². The van der Waals surface area contributed by atoms with Crippen molar-refractivity contribution >= 4 is 0 Å². The van der Waals surface area contributed by atoms with Gasteiger partial charge in [0.15, 0.2) is 0 Å². The molecule has 0 fully saturated rings. The number of nitrogens with zero attached hydrogens (tertiary/aromatic N) is 1. The van der Waals surface area contributed by atoms with Gasteiger partial charge in [-0.05, 0) is 33.0 Å². The highest BCUT2D eigenvalue weighted by Gasteiger charge is 2.07. The van der Waals surface area contributed by atoms with E-state index in [2.05, 4.69) is 27.7 Å². The molecular formula is C13H33N. The van der Waals surface area contributed by atoms with Crippen molar-refractivity contribution in [3.8, 4) is 0 Å². The molecule has 0 amide bonds. The van der Waals surface area contributed by atoms with Gasteiger partial charge in [0.25, 0.3) is 0 Å². The summed E-state index contributed by atoms with van der Waals surface area (Å²) in [5.41, 5.74) is 0.552. The second-order valence-electron chi connectivity index (χ2n) is 5.01. The Labute approximate surface area is 92.9 Å². The number of rotatable bonds is 2. The predicted octanol–water partition coefficient (Wildman–Crippen LogP) is 4.43. The van der Waals surface area contributed by atoms with E-state index in [0.29, 0.717) is 5.41 Å². The first-order chi connectivity index (χ1) is 6.29. The summed E-state index contributed by atoms with van der Waals surface area (Å²) in [6, 6.07) is 0. The Morgan fingerprint density at radius 1 is 0.929 bits per heavy atom. The largest absolute Gasteiger partial charge is 0.312 e. The van der Waals surface area contributed by atoms with Gasteiger partial charge in [0.05, 0.1) is 0 Å². The van der Waals surface area contributed by atoms with E-state index in [1.54, 1.807) is 0 Å². The van der Waals surface area contributed by atoms with Gasteiger partial charge in [0.1, 0.15) is 0 Å². The third-order valence-electron chi connectivity index (χ3n) is 1.28. The van der Waals surface area contributed by atoms with E-state index in [0.717, 1.165) is 0 Å². The molecule has 0 aromatic rings. The van der Waals surface area contributed by atoms with Crippen molar-refractivity contribution < 1.29 is 0 Å². The molecule has 0 heterocycles. The predicted molar refractivity (Wildman–Crippen MR) is 69.9 cm³/mol. The summed E-state index contributed by atoms with van der Waals surface area (Å²) >= 11 is 0. The highest BCUT2D eigenvalue weighted by molar-refractivity contribution is 4.59. The summed E-state index contributed by atoms with van der Waals surface area (Å²) in [4.78, 5) is 2.00. The molecule has 0 aliphatic carbocycles. The van der Waals surface area contributed by atoms with Crippen LogP contribution < -0.4 is 0 Å². The van der Waals surface area contributed by atoms with Crippen LogP contribution in [0, 0.1) is 5.41 Å². The molecule has 0 aromatic carbocycles. The monoisotopic (exact) mass is 203 g/mol. The van der Waals surface area contributed by atoms with Gasteiger partial charge in [-0.1, -0.05) is 54.4 Å². The van der Waals surface area contributed by atoms with Gasteiger partial charge in [0, 0.05) is 0 Å². The Balaban J connectivity index is -0.000000170. The highest BCUT2D eigenvalue weighted by Crippen LogP contribution is 2.20. The lowest BCUT2D eigenvalue weighted by Crippen LogP contribution is -2.03. The Kier molecular flexibility index (Phi) is 18.1. The molecule has 0 bridgehead atoms. The summed E-state index contributed by atoms with van der Waals surface area (Å²) in [7, 11) is 6.00. The quantitative estimate of drug-likeness (QED) is 0.642. The molecule has 14 heavy (non-hydrogen) atoms. The van der Waals surface area contributed by atoms with Crippen LogP contribution in [0.25, 0.3) is 0 Å². The van der Waals surface area contributed by atoms with Crippen LogP contribution in [0.5, 0.6) is 0 Å². The van der Waals surface area contributed by atoms with E-state index in [9.17, 15) is 0 Å². The maximum atomic E-state index is 2.29. The fourth-order valence-corrected chi connectivity index (χ4v) is 0.707. The van der Waals surface area contributed by atoms with Gasteiger partial charge >= 0.3 is 0 Å². The average Bonchev–Trinajstić information content (AvgIpc) is 2.02. The fourth-order valence-electron chi connectivity index (χ4n) is 0.707. The van der Waals surface area contributed by atoms with Crippen molar-refractivity contribution in [2.75, 3.05) is 21.1 Å². The number of hydrogen-bond acceptors (Lipinski definition) is 1. The van der Waals surface area contributed by atoms with Crippen molar-refractivity contribution in [3.05, 3.63) is 0 Å². The number of unbranched alkanes of at least 4 members (excludes halogenated alkanes) is 1. The van der Waals surface area contributed by atoms with E-state index >= 15 is 0 Å². The molecule has 0 aromatic heterocycles. The van der Waals surface area contributed by atoms with Crippen molar-refractivity contribution in [3.63, 3.8) is 0 Å². The molecule has 0 rings (SSSR count). The van der Waals surface area contributed by atoms with E-state index < -0.39 is 0 Å². The molecule has 0 aliphatic heterocycles. The van der Waals surface area contributed by atoms with Gasteiger partial charge in [0.2, 0.25) is 0 Å². The van der Waals surface area contributed by atoms with E-state index in [-0.39, 0.29) is 0 Å². The van der Waals surface area contributed by atoms with Crippen LogP contribution in [0.15, 0.2) is 0 Å². The van der Waals surface area contributed by atoms with Crippen LogP contribution in [-0.4, -0.2) is 26.0 Å². The van der Waals surface area contributed by atoms with E-state index in [4.69, 9.17) is 0 Å². The highest BCUT2D eigenvalue weighted by atomic mass is 15.0. The third kappa shape index (κ3) is 58.4. The number of hydrogen-bond donors (Lipinski definition) is 0. The minimum atomic E-state index is 0.552. The summed E-state index contributed by atoms with van der Waals surface area (Å²) in [5, 5.41) is 0. The third-order valence-corrected chi connectivity index (χ3v) is 1.28. The fraction of sp³-hybridized carbons (Fsp3) is 1.00. The van der Waals surface area contributed by atoms with Crippen molar-refractivity contribution in [2.45, 2.75) is 60.8 Å². The summed E-state index contributed by atoms with van der Waals surface area (Å²) in [6.45, 7) is 13.1. The van der Waals surface area contributed by atoms with Gasteiger partial charge in [-0.3, -0.25) is 0 Å². The molecule has 0 aliphatic rings. The Bertz CT molecular complexity index is 77.0. The molecule has 1 nitrogen and oxygen atoms in total. The second kappa shape index (κ2) is 13.0. The lowest BCUT2D eigenvalue weighted by atomic mass is 9.90. The summed E-state index contributed by atoms with van der Waals surface area (Å²) < 4.78 is 0. The van der Waals surface area contributed by atoms with Crippen LogP contribution in [-0.2, 0) is 0 Å². The van der Waals surface area contributed by atoms with Crippen LogP contribution in [0.2, 0.25) is 0 Å². The first-order valence-corrected chi connectivity index (χ1v) is 5.90. The lowest BCUT2D eigenvalue weighted by molar-refractivity contribution is 0.363. The average molecular weight is 203 g/mol. The first-order valence-electron chi connectivity index (χ1n) is 5.90. The molecule has 0 N–H and O–H groups in total. The van der Waals surface area contributed by atoms with Gasteiger partial charge in [-0.25, -0.2) is 0 Å². The summed E-state index contributed by atoms with van der Waals surface area (Å²) in [5.74, 6) is 0. The van der Waals surface area contributed by atoms with Crippen LogP contribution in [0.3, 0.4) is 0 Å². The Morgan fingerprint density at radius 2 is 1.21 bits per heavy atom. The summed E-state index contributed by atoms with van der Waals surface area (Å²) in [6.07, 6.45) is 4.07. The molecule has 90 valence electrons. The molecule has 0 atom stereocenters. The van der Waals surface area contributed by atoms with E-state index in [1.807, 2.05) is 39.9 Å². The second-order valence-corrected chi connectivity index (χ2v) is 5.01. The lowest BCUT2D eigenvalue weighted by Gasteiger charge is -2.16. The normalized spacial score (nSPS) is 9.86. The first kappa shape index (κ1) is 19.5. The molecule has 0 saturated heterocycles. The van der Waals surface area contributed by atoms with Crippen molar-refractivity contribution in [2.24, 2.45) is 5.41 Å². The molecule has 0 saturated carbocycles. The van der Waals surface area contributed by atoms with Crippen LogP contribution in [0.1, 0.15) is 60.8 Å². The minimum absolute atomic E-state index is 0.552. The van der Waals surface area contributed by atoms with E-state index in [1.165, 1.54) is 19.3 Å². The van der Waals surface area contributed by atoms with Crippen molar-refractivity contribution in [1.82, 2.24) is 4.90 Å². The zero-order valence-electron chi connectivity index (χ0n) is 12.1. The topological polar surface area (TPSA) is 3.24 Å². The molecular weight excluding hydrogens is 170 g/mol. The van der Waals surface area contributed by atoms with Crippen LogP contribution >= 0.6 is 0 Å².